The molecule has 30 heavy (non-hydrogen) atoms. The lowest BCUT2D eigenvalue weighted by molar-refractivity contribution is -0.115. The fourth-order valence-corrected chi connectivity index (χ4v) is 4.98. The highest BCUT2D eigenvalue weighted by molar-refractivity contribution is 7.15. The van der Waals surface area contributed by atoms with Gasteiger partial charge in [-0.05, 0) is 31.3 Å². The molecule has 8 heteroatoms. The predicted molar refractivity (Wildman–Crippen MR) is 120 cm³/mol. The van der Waals surface area contributed by atoms with E-state index in [1.165, 1.54) is 4.88 Å². The van der Waals surface area contributed by atoms with Crippen LogP contribution in [-0.2, 0) is 24.2 Å². The highest BCUT2D eigenvalue weighted by Gasteiger charge is 2.21. The van der Waals surface area contributed by atoms with Gasteiger partial charge >= 0.3 is 0 Å². The zero-order chi connectivity index (χ0) is 20.7. The first-order valence-electron chi connectivity index (χ1n) is 9.76. The Labute approximate surface area is 183 Å². The van der Waals surface area contributed by atoms with E-state index in [-0.39, 0.29) is 12.3 Å². The molecule has 3 aromatic heterocycles. The maximum absolute atomic E-state index is 12.9. The number of likely N-dealkylation sites (N-methyl/N-ethyl adjacent to an activating group) is 1. The monoisotopic (exact) mass is 437 g/mol. The average Bonchev–Trinajstić information content (AvgIpc) is 3.29. The van der Waals surface area contributed by atoms with Crippen LogP contribution in [0.4, 0.5) is 5.13 Å². The van der Waals surface area contributed by atoms with E-state index in [0.29, 0.717) is 10.2 Å². The van der Waals surface area contributed by atoms with Crippen LogP contribution in [0.15, 0.2) is 48.7 Å². The number of rotatable bonds is 4. The van der Waals surface area contributed by atoms with Crippen LogP contribution in [0.1, 0.15) is 16.3 Å². The minimum atomic E-state index is -0.102. The topological polar surface area (TPSA) is 62.5 Å². The summed E-state index contributed by atoms with van der Waals surface area (Å²) in [5.74, 6) is -0.102. The molecule has 0 radical (unpaired) electrons. The van der Waals surface area contributed by atoms with Gasteiger partial charge in [0.15, 0.2) is 5.13 Å². The number of fused-ring (bicyclic) bond motifs is 2. The number of carbonyl (C=O) groups is 1. The molecule has 4 heterocycles. The second kappa shape index (κ2) is 7.83. The van der Waals surface area contributed by atoms with Gasteiger partial charge < -0.3 is 14.6 Å². The van der Waals surface area contributed by atoms with Gasteiger partial charge in [0, 0.05) is 41.2 Å². The molecule has 1 aromatic carbocycles. The van der Waals surface area contributed by atoms with Crippen LogP contribution in [0.3, 0.4) is 0 Å². The largest absolute Gasteiger partial charge is 0.303 e. The van der Waals surface area contributed by atoms with Crippen molar-refractivity contribution in [1.29, 1.82) is 0 Å². The molecule has 1 aliphatic heterocycles. The van der Waals surface area contributed by atoms with E-state index in [1.807, 2.05) is 53.1 Å². The molecular formula is C22H20ClN5OS. The summed E-state index contributed by atoms with van der Waals surface area (Å²) in [5, 5.41) is 4.33. The summed E-state index contributed by atoms with van der Waals surface area (Å²) in [4.78, 5) is 25.8. The summed E-state index contributed by atoms with van der Waals surface area (Å²) in [6.45, 7) is 1.88. The number of hydrogen-bond acceptors (Lipinski definition) is 5. The lowest BCUT2D eigenvalue weighted by Crippen LogP contribution is -2.25. The number of thiazole rings is 1. The van der Waals surface area contributed by atoms with Crippen molar-refractivity contribution in [3.05, 3.63) is 69.9 Å². The molecule has 0 bridgehead atoms. The number of anilines is 1. The van der Waals surface area contributed by atoms with Crippen molar-refractivity contribution >= 4 is 39.6 Å². The van der Waals surface area contributed by atoms with Crippen molar-refractivity contribution < 1.29 is 4.79 Å². The Morgan fingerprint density at radius 2 is 2.03 bits per heavy atom. The number of halogens is 1. The van der Waals surface area contributed by atoms with E-state index >= 15 is 0 Å². The number of nitrogens with one attached hydrogen (secondary N) is 1. The maximum Gasteiger partial charge on any atom is 0.232 e. The molecule has 0 unspecified atom stereocenters. The van der Waals surface area contributed by atoms with Gasteiger partial charge in [0.1, 0.15) is 5.65 Å². The van der Waals surface area contributed by atoms with Crippen molar-refractivity contribution in [3.63, 3.8) is 0 Å². The zero-order valence-corrected chi connectivity index (χ0v) is 18.0. The van der Waals surface area contributed by atoms with Crippen molar-refractivity contribution in [2.75, 3.05) is 18.9 Å². The summed E-state index contributed by atoms with van der Waals surface area (Å²) in [6, 6.07) is 13.3. The zero-order valence-electron chi connectivity index (χ0n) is 16.4. The Balaban J connectivity index is 1.44. The van der Waals surface area contributed by atoms with Crippen LogP contribution in [0.25, 0.3) is 16.9 Å². The lowest BCUT2D eigenvalue weighted by atomic mass is 10.1. The SMILES string of the molecule is CN1CCc2nc(NC(=O)Cc3c(-c4ccc(Cl)cc4)nc4ccccn34)sc2C1. The number of hydrogen-bond donors (Lipinski definition) is 1. The molecule has 6 nitrogen and oxygen atoms in total. The summed E-state index contributed by atoms with van der Waals surface area (Å²) in [7, 11) is 2.10. The van der Waals surface area contributed by atoms with E-state index in [9.17, 15) is 4.79 Å². The number of amides is 1. The minimum absolute atomic E-state index is 0.102. The van der Waals surface area contributed by atoms with Gasteiger partial charge in [-0.3, -0.25) is 4.79 Å². The van der Waals surface area contributed by atoms with Crippen LogP contribution in [-0.4, -0.2) is 38.8 Å². The number of benzene rings is 1. The third-order valence-corrected chi connectivity index (χ3v) is 6.49. The summed E-state index contributed by atoms with van der Waals surface area (Å²) in [5.41, 5.74) is 4.46. The van der Waals surface area contributed by atoms with Gasteiger partial charge in [-0.2, -0.15) is 0 Å². The van der Waals surface area contributed by atoms with E-state index < -0.39 is 0 Å². The van der Waals surface area contributed by atoms with Gasteiger partial charge in [-0.1, -0.05) is 29.8 Å². The standard InChI is InChI=1S/C22H20ClN5OS/c1-27-11-9-16-18(13-27)30-22(24-16)26-20(29)12-17-21(14-5-7-15(23)8-6-14)25-19-4-2-3-10-28(17)19/h2-8,10H,9,11-13H2,1H3,(H,24,26,29). The van der Waals surface area contributed by atoms with E-state index in [0.717, 1.165) is 47.8 Å². The molecular weight excluding hydrogens is 418 g/mol. The molecule has 0 aliphatic carbocycles. The molecule has 1 aliphatic rings. The number of imidazole rings is 1. The van der Waals surface area contributed by atoms with Gasteiger partial charge in [0.2, 0.25) is 5.91 Å². The third-order valence-electron chi connectivity index (χ3n) is 5.24. The van der Waals surface area contributed by atoms with Crippen LogP contribution in [0.2, 0.25) is 5.02 Å². The van der Waals surface area contributed by atoms with Gasteiger partial charge in [-0.25, -0.2) is 9.97 Å². The number of carbonyl (C=O) groups excluding carboxylic acids is 1. The van der Waals surface area contributed by atoms with Crippen LogP contribution in [0, 0.1) is 0 Å². The molecule has 4 aromatic rings. The lowest BCUT2D eigenvalue weighted by Gasteiger charge is -2.20. The van der Waals surface area contributed by atoms with Crippen molar-refractivity contribution in [2.24, 2.45) is 0 Å². The summed E-state index contributed by atoms with van der Waals surface area (Å²) >= 11 is 7.61. The van der Waals surface area contributed by atoms with Crippen LogP contribution in [0.5, 0.6) is 0 Å². The Morgan fingerprint density at radius 1 is 1.20 bits per heavy atom. The van der Waals surface area contributed by atoms with Crippen molar-refractivity contribution in [1.82, 2.24) is 19.3 Å². The summed E-state index contributed by atoms with van der Waals surface area (Å²) < 4.78 is 1.96. The molecule has 1 N–H and O–H groups in total. The summed E-state index contributed by atoms with van der Waals surface area (Å²) in [6.07, 6.45) is 3.06. The fraction of sp³-hybridized carbons (Fsp3) is 0.227. The predicted octanol–water partition coefficient (Wildman–Crippen LogP) is 4.28. The van der Waals surface area contributed by atoms with Gasteiger partial charge in [0.25, 0.3) is 0 Å². The second-order valence-corrected chi connectivity index (χ2v) is 8.96. The first-order chi connectivity index (χ1) is 14.6. The second-order valence-electron chi connectivity index (χ2n) is 7.44. The van der Waals surface area contributed by atoms with Crippen LogP contribution < -0.4 is 5.32 Å². The van der Waals surface area contributed by atoms with Crippen molar-refractivity contribution in [2.45, 2.75) is 19.4 Å². The average molecular weight is 438 g/mol. The highest BCUT2D eigenvalue weighted by atomic mass is 35.5. The third kappa shape index (κ3) is 3.71. The van der Waals surface area contributed by atoms with Gasteiger partial charge in [-0.15, -0.1) is 11.3 Å². The van der Waals surface area contributed by atoms with Crippen molar-refractivity contribution in [3.8, 4) is 11.3 Å². The Hall–Kier alpha value is -2.74. The van der Waals surface area contributed by atoms with E-state index in [2.05, 4.69) is 22.2 Å². The molecule has 0 atom stereocenters. The number of pyridine rings is 1. The number of nitrogens with zero attached hydrogens (tertiary/aromatic N) is 4. The molecule has 152 valence electrons. The molecule has 1 amide bonds. The smallest absolute Gasteiger partial charge is 0.232 e. The maximum atomic E-state index is 12.9. The quantitative estimate of drug-likeness (QED) is 0.517. The Bertz CT molecular complexity index is 1230. The Kier molecular flexibility index (Phi) is 5.02. The van der Waals surface area contributed by atoms with Crippen LogP contribution >= 0.6 is 22.9 Å². The van der Waals surface area contributed by atoms with E-state index in [4.69, 9.17) is 16.6 Å². The molecule has 0 fully saturated rings. The normalized spacial score (nSPS) is 14.1. The van der Waals surface area contributed by atoms with E-state index in [1.54, 1.807) is 11.3 Å². The first kappa shape index (κ1) is 19.2. The minimum Gasteiger partial charge on any atom is -0.303 e. The first-order valence-corrected chi connectivity index (χ1v) is 10.9. The number of aromatic nitrogens is 3. The molecule has 0 saturated heterocycles. The molecule has 0 saturated carbocycles. The fourth-order valence-electron chi connectivity index (χ4n) is 3.75. The molecule has 0 spiro atoms. The molecule has 5 rings (SSSR count). The highest BCUT2D eigenvalue weighted by Crippen LogP contribution is 2.29. The van der Waals surface area contributed by atoms with Gasteiger partial charge in [0.05, 0.1) is 23.5 Å². The Morgan fingerprint density at radius 3 is 2.87 bits per heavy atom.